The Morgan fingerprint density at radius 3 is 2.94 bits per heavy atom. The fourth-order valence-corrected chi connectivity index (χ4v) is 1.55. The van der Waals surface area contributed by atoms with E-state index in [1.54, 1.807) is 12.1 Å². The minimum absolute atomic E-state index is 0.0165. The summed E-state index contributed by atoms with van der Waals surface area (Å²) in [7, 11) is 0. The molecule has 0 aliphatic heterocycles. The molecule has 3 N–H and O–H groups in total. The van der Waals surface area contributed by atoms with Crippen molar-refractivity contribution in [3.8, 4) is 0 Å². The maximum atomic E-state index is 11.2. The van der Waals surface area contributed by atoms with Crippen LogP contribution in [0.4, 0.5) is 4.79 Å². The van der Waals surface area contributed by atoms with Crippen molar-refractivity contribution >= 4 is 23.7 Å². The van der Waals surface area contributed by atoms with Crippen LogP contribution >= 0.6 is 11.8 Å². The van der Waals surface area contributed by atoms with Crippen LogP contribution in [0.3, 0.4) is 0 Å². The van der Waals surface area contributed by atoms with Crippen molar-refractivity contribution in [3.63, 3.8) is 0 Å². The number of aliphatic hydroxyl groups is 1. The summed E-state index contributed by atoms with van der Waals surface area (Å²) in [6.07, 6.45) is 1.51. The molecule has 0 saturated carbocycles. The number of amides is 3. The van der Waals surface area contributed by atoms with Crippen LogP contribution in [0.15, 0.2) is 22.8 Å². The van der Waals surface area contributed by atoms with Gasteiger partial charge in [-0.2, -0.15) is 0 Å². The van der Waals surface area contributed by atoms with Crippen molar-refractivity contribution in [3.05, 3.63) is 24.2 Å². The lowest BCUT2D eigenvalue weighted by atomic mass is 10.4. The number of carbonyl (C=O) groups is 2. The maximum Gasteiger partial charge on any atom is 0.321 e. The molecule has 1 rings (SSSR count). The topological polar surface area (TPSA) is 91.6 Å². The normalized spacial score (nSPS) is 9.94. The van der Waals surface area contributed by atoms with E-state index in [-0.39, 0.29) is 24.8 Å². The van der Waals surface area contributed by atoms with E-state index in [0.29, 0.717) is 11.5 Å². The molecule has 0 saturated heterocycles. The number of urea groups is 1. The molecule has 0 bridgehead atoms. The number of aliphatic hydroxyl groups excluding tert-OH is 1. The highest BCUT2D eigenvalue weighted by Gasteiger charge is 2.07. The lowest BCUT2D eigenvalue weighted by Gasteiger charge is -2.04. The van der Waals surface area contributed by atoms with E-state index in [2.05, 4.69) is 10.6 Å². The van der Waals surface area contributed by atoms with Crippen molar-refractivity contribution in [1.29, 1.82) is 0 Å². The van der Waals surface area contributed by atoms with Crippen LogP contribution in [0.1, 0.15) is 5.76 Å². The van der Waals surface area contributed by atoms with Gasteiger partial charge in [0, 0.05) is 5.75 Å². The zero-order valence-corrected chi connectivity index (χ0v) is 9.96. The van der Waals surface area contributed by atoms with Crippen LogP contribution in [-0.4, -0.2) is 35.2 Å². The Morgan fingerprint density at radius 1 is 1.47 bits per heavy atom. The highest BCUT2D eigenvalue weighted by Crippen LogP contribution is 1.99. The first-order chi connectivity index (χ1) is 8.22. The van der Waals surface area contributed by atoms with Crippen molar-refractivity contribution in [2.75, 3.05) is 18.1 Å². The molecule has 0 unspecified atom stereocenters. The summed E-state index contributed by atoms with van der Waals surface area (Å²) in [6.45, 7) is 0.249. The molecule has 0 aromatic carbocycles. The molecule has 1 heterocycles. The molecule has 0 atom stereocenters. The summed E-state index contributed by atoms with van der Waals surface area (Å²) in [5.41, 5.74) is 0. The molecule has 0 aliphatic rings. The number of nitrogens with one attached hydrogen (secondary N) is 2. The zero-order valence-electron chi connectivity index (χ0n) is 9.14. The summed E-state index contributed by atoms with van der Waals surface area (Å²) in [4.78, 5) is 22.4. The van der Waals surface area contributed by atoms with Gasteiger partial charge in [0.2, 0.25) is 5.91 Å². The summed E-state index contributed by atoms with van der Waals surface area (Å²) in [5.74, 6) is 0.846. The third kappa shape index (κ3) is 5.98. The van der Waals surface area contributed by atoms with Gasteiger partial charge in [0.25, 0.3) is 0 Å². The Bertz CT molecular complexity index is 353. The van der Waals surface area contributed by atoms with Gasteiger partial charge in [0.1, 0.15) is 5.76 Å². The lowest BCUT2D eigenvalue weighted by molar-refractivity contribution is -0.117. The van der Waals surface area contributed by atoms with Gasteiger partial charge in [-0.1, -0.05) is 0 Å². The predicted octanol–water partition coefficient (Wildman–Crippen LogP) is 0.331. The average molecular weight is 258 g/mol. The van der Waals surface area contributed by atoms with Crippen LogP contribution in [0.5, 0.6) is 0 Å². The molecular formula is C10H14N2O4S. The predicted molar refractivity (Wildman–Crippen MR) is 63.5 cm³/mol. The van der Waals surface area contributed by atoms with Crippen LogP contribution in [-0.2, 0) is 11.3 Å². The molecule has 0 radical (unpaired) electrons. The van der Waals surface area contributed by atoms with Gasteiger partial charge in [-0.15, -0.1) is 11.8 Å². The minimum Gasteiger partial charge on any atom is -0.467 e. The van der Waals surface area contributed by atoms with Crippen LogP contribution in [0.2, 0.25) is 0 Å². The average Bonchev–Trinajstić information content (AvgIpc) is 2.79. The number of carbonyl (C=O) groups excluding carboxylic acids is 2. The summed E-state index contributed by atoms with van der Waals surface area (Å²) < 4.78 is 5.01. The van der Waals surface area contributed by atoms with E-state index in [9.17, 15) is 9.59 Å². The quantitative estimate of drug-likeness (QED) is 0.640. The van der Waals surface area contributed by atoms with Crippen LogP contribution < -0.4 is 10.6 Å². The highest BCUT2D eigenvalue weighted by molar-refractivity contribution is 7.99. The first-order valence-electron chi connectivity index (χ1n) is 5.01. The van der Waals surface area contributed by atoms with Gasteiger partial charge in [-0.3, -0.25) is 10.1 Å². The summed E-state index contributed by atoms with van der Waals surface area (Å²) in [5, 5.41) is 13.2. The minimum atomic E-state index is -0.559. The van der Waals surface area contributed by atoms with Gasteiger partial charge in [0.05, 0.1) is 25.2 Å². The fraction of sp³-hybridized carbons (Fsp3) is 0.400. The second kappa shape index (κ2) is 7.75. The number of furan rings is 1. The molecule has 3 amide bonds. The standard InChI is InChI=1S/C10H14N2O4S/c13-3-5-17-7-9(14)12-10(15)11-6-8-2-1-4-16-8/h1-2,4,13H,3,5-7H2,(H2,11,12,14,15). The molecule has 0 aliphatic carbocycles. The third-order valence-corrected chi connectivity index (χ3v) is 2.66. The fourth-order valence-electron chi connectivity index (χ4n) is 1.02. The number of hydrogen-bond donors (Lipinski definition) is 3. The van der Waals surface area contributed by atoms with Crippen molar-refractivity contribution in [2.24, 2.45) is 0 Å². The Kier molecular flexibility index (Phi) is 6.19. The van der Waals surface area contributed by atoms with Crippen molar-refractivity contribution in [2.45, 2.75) is 6.54 Å². The number of hydrogen-bond acceptors (Lipinski definition) is 5. The molecular weight excluding hydrogens is 244 g/mol. The third-order valence-electron chi connectivity index (χ3n) is 1.73. The molecule has 1 aromatic rings. The van der Waals surface area contributed by atoms with E-state index in [0.717, 1.165) is 0 Å². The van der Waals surface area contributed by atoms with E-state index >= 15 is 0 Å². The lowest BCUT2D eigenvalue weighted by Crippen LogP contribution is -2.39. The second-order valence-electron chi connectivity index (χ2n) is 3.09. The highest BCUT2D eigenvalue weighted by atomic mass is 32.2. The van der Waals surface area contributed by atoms with Gasteiger partial charge in [-0.25, -0.2) is 4.79 Å². The molecule has 94 valence electrons. The van der Waals surface area contributed by atoms with E-state index in [4.69, 9.17) is 9.52 Å². The van der Waals surface area contributed by atoms with Crippen molar-refractivity contribution < 1.29 is 19.1 Å². The largest absolute Gasteiger partial charge is 0.467 e. The van der Waals surface area contributed by atoms with Crippen molar-refractivity contribution in [1.82, 2.24) is 10.6 Å². The second-order valence-corrected chi connectivity index (χ2v) is 4.19. The molecule has 0 fully saturated rings. The zero-order chi connectivity index (χ0) is 12.5. The Hall–Kier alpha value is -1.47. The maximum absolute atomic E-state index is 11.2. The van der Waals surface area contributed by atoms with Crippen LogP contribution in [0, 0.1) is 0 Å². The van der Waals surface area contributed by atoms with E-state index in [1.165, 1.54) is 18.0 Å². The molecule has 0 spiro atoms. The van der Waals surface area contributed by atoms with Crippen LogP contribution in [0.25, 0.3) is 0 Å². The van der Waals surface area contributed by atoms with Gasteiger partial charge in [-0.05, 0) is 12.1 Å². The molecule has 17 heavy (non-hydrogen) atoms. The first-order valence-corrected chi connectivity index (χ1v) is 6.16. The summed E-state index contributed by atoms with van der Waals surface area (Å²) in [6, 6.07) is 2.88. The van der Waals surface area contributed by atoms with Gasteiger partial charge >= 0.3 is 6.03 Å². The Morgan fingerprint density at radius 2 is 2.29 bits per heavy atom. The van der Waals surface area contributed by atoms with Gasteiger partial charge < -0.3 is 14.8 Å². The van der Waals surface area contributed by atoms with Gasteiger partial charge in [0.15, 0.2) is 0 Å². The van der Waals surface area contributed by atoms with E-state index < -0.39 is 6.03 Å². The summed E-state index contributed by atoms with van der Waals surface area (Å²) >= 11 is 1.26. The smallest absolute Gasteiger partial charge is 0.321 e. The Balaban J connectivity index is 2.14. The number of imide groups is 1. The molecule has 1 aromatic heterocycles. The SMILES string of the molecule is O=C(CSCCO)NC(=O)NCc1ccco1. The molecule has 6 nitrogen and oxygen atoms in total. The van der Waals surface area contributed by atoms with E-state index in [1.807, 2.05) is 0 Å². The number of thioether (sulfide) groups is 1. The Labute approximate surface area is 103 Å². The monoisotopic (exact) mass is 258 g/mol. The first kappa shape index (κ1) is 13.6. The number of rotatable bonds is 6. The molecule has 7 heteroatoms.